The second-order valence-electron chi connectivity index (χ2n) is 5.76. The maximum absolute atomic E-state index is 12.3. The monoisotopic (exact) mass is 291 g/mol. The molecule has 114 valence electrons. The van der Waals surface area contributed by atoms with Crippen LogP contribution in [0.25, 0.3) is 0 Å². The second kappa shape index (κ2) is 6.78. The van der Waals surface area contributed by atoms with Gasteiger partial charge in [0.15, 0.2) is 5.78 Å². The minimum atomic E-state index is -0.471. The van der Waals surface area contributed by atoms with E-state index in [0.717, 1.165) is 25.9 Å². The number of Topliss-reactive ketones (excluding diaryl/α,β-unsaturated/α-hetero) is 1. The number of carbonyl (C=O) groups excluding carboxylic acids is 1. The van der Waals surface area contributed by atoms with Gasteiger partial charge in [0, 0.05) is 30.3 Å². The summed E-state index contributed by atoms with van der Waals surface area (Å²) < 4.78 is 0. The molecule has 0 bridgehead atoms. The van der Waals surface area contributed by atoms with Crippen molar-refractivity contribution in [3.05, 3.63) is 39.9 Å². The Kier molecular flexibility index (Phi) is 5.03. The van der Waals surface area contributed by atoms with Gasteiger partial charge >= 0.3 is 0 Å². The molecule has 1 aromatic carbocycles. The molecule has 0 amide bonds. The molecule has 1 aliphatic heterocycles. The zero-order chi connectivity index (χ0) is 15.4. The van der Waals surface area contributed by atoms with Gasteiger partial charge in [0.05, 0.1) is 11.5 Å². The summed E-state index contributed by atoms with van der Waals surface area (Å²) in [4.78, 5) is 26.9. The Balaban J connectivity index is 2.03. The molecule has 1 aliphatic rings. The van der Waals surface area contributed by atoms with Crippen LogP contribution < -0.4 is 0 Å². The van der Waals surface area contributed by atoms with Crippen molar-refractivity contribution >= 4 is 11.5 Å². The number of ketones is 1. The molecule has 1 fully saturated rings. The predicted octanol–water partition coefficient (Wildman–Crippen LogP) is 1.80. The Labute approximate surface area is 124 Å². The van der Waals surface area contributed by atoms with Gasteiger partial charge in [-0.2, -0.15) is 0 Å². The van der Waals surface area contributed by atoms with E-state index in [0.29, 0.717) is 18.2 Å². The Bertz CT molecular complexity index is 531. The quantitative estimate of drug-likeness (QED) is 0.454. The van der Waals surface area contributed by atoms with Crippen LogP contribution in [0.1, 0.15) is 23.2 Å². The average molecular weight is 291 g/mol. The maximum atomic E-state index is 12.3. The zero-order valence-corrected chi connectivity index (χ0v) is 12.5. The van der Waals surface area contributed by atoms with Crippen LogP contribution in [0.3, 0.4) is 0 Å². The first-order chi connectivity index (χ1) is 9.97. The molecule has 1 atom stereocenters. The third-order valence-corrected chi connectivity index (χ3v) is 3.80. The van der Waals surface area contributed by atoms with Gasteiger partial charge in [-0.3, -0.25) is 19.8 Å². The zero-order valence-electron chi connectivity index (χ0n) is 12.5. The van der Waals surface area contributed by atoms with E-state index < -0.39 is 4.92 Å². The largest absolute Gasteiger partial charge is 0.308 e. The number of nitro benzene ring substituents is 1. The molecule has 0 aliphatic carbocycles. The van der Waals surface area contributed by atoms with Crippen molar-refractivity contribution in [2.24, 2.45) is 0 Å². The van der Waals surface area contributed by atoms with Crippen LogP contribution in [0.15, 0.2) is 24.3 Å². The minimum absolute atomic E-state index is 0.0351. The number of hydrogen-bond acceptors (Lipinski definition) is 5. The molecule has 0 radical (unpaired) electrons. The number of non-ortho nitro benzene ring substituents is 1. The summed E-state index contributed by atoms with van der Waals surface area (Å²) in [6.07, 6.45) is 2.20. The van der Waals surface area contributed by atoms with Crippen molar-refractivity contribution in [2.75, 3.05) is 33.7 Å². The minimum Gasteiger partial charge on any atom is -0.308 e. The molecule has 6 heteroatoms. The second-order valence-corrected chi connectivity index (χ2v) is 5.76. The number of hydrogen-bond donors (Lipinski definition) is 0. The number of benzene rings is 1. The fourth-order valence-corrected chi connectivity index (χ4v) is 2.80. The van der Waals surface area contributed by atoms with E-state index >= 15 is 0 Å². The molecule has 6 nitrogen and oxygen atoms in total. The SMILES string of the molecule is CN(C)CC1CCCN1CC(=O)c1cccc([N+](=O)[O-])c1. The van der Waals surface area contributed by atoms with Crippen LogP contribution in [0.4, 0.5) is 5.69 Å². The Morgan fingerprint density at radius 2 is 2.24 bits per heavy atom. The highest BCUT2D eigenvalue weighted by molar-refractivity contribution is 5.98. The molecule has 21 heavy (non-hydrogen) atoms. The van der Waals surface area contributed by atoms with Crippen LogP contribution in [-0.2, 0) is 0 Å². The van der Waals surface area contributed by atoms with Gasteiger partial charge in [-0.15, -0.1) is 0 Å². The Morgan fingerprint density at radius 3 is 2.90 bits per heavy atom. The first-order valence-electron chi connectivity index (χ1n) is 7.14. The summed E-state index contributed by atoms with van der Waals surface area (Å²) in [6, 6.07) is 6.36. The molecule has 1 heterocycles. The van der Waals surface area contributed by atoms with E-state index in [4.69, 9.17) is 0 Å². The molecule has 1 saturated heterocycles. The van der Waals surface area contributed by atoms with Gasteiger partial charge in [-0.1, -0.05) is 12.1 Å². The molecule has 1 unspecified atom stereocenters. The van der Waals surface area contributed by atoms with E-state index in [1.807, 2.05) is 14.1 Å². The summed E-state index contributed by atoms with van der Waals surface area (Å²) in [5.74, 6) is -0.0515. The van der Waals surface area contributed by atoms with Crippen molar-refractivity contribution in [1.82, 2.24) is 9.80 Å². The number of carbonyl (C=O) groups is 1. The lowest BCUT2D eigenvalue weighted by molar-refractivity contribution is -0.384. The van der Waals surface area contributed by atoms with Crippen LogP contribution in [-0.4, -0.2) is 60.3 Å². The molecule has 0 aromatic heterocycles. The molecule has 1 aromatic rings. The highest BCUT2D eigenvalue weighted by atomic mass is 16.6. The summed E-state index contributed by atoms with van der Waals surface area (Å²) in [5, 5.41) is 10.8. The van der Waals surface area contributed by atoms with E-state index in [-0.39, 0.29) is 11.5 Å². The van der Waals surface area contributed by atoms with Gasteiger partial charge in [0.2, 0.25) is 0 Å². The van der Waals surface area contributed by atoms with Crippen LogP contribution in [0.2, 0.25) is 0 Å². The van der Waals surface area contributed by atoms with Crippen LogP contribution in [0.5, 0.6) is 0 Å². The summed E-state index contributed by atoms with van der Waals surface area (Å²) in [6.45, 7) is 2.18. The standard InChI is InChI=1S/C15H21N3O3/c1-16(2)10-14-7-4-8-17(14)11-15(19)12-5-3-6-13(9-12)18(20)21/h3,5-6,9,14H,4,7-8,10-11H2,1-2H3. The molecule has 0 spiro atoms. The Morgan fingerprint density at radius 1 is 1.48 bits per heavy atom. The van der Waals surface area contributed by atoms with Gasteiger partial charge in [0.25, 0.3) is 5.69 Å². The van der Waals surface area contributed by atoms with E-state index in [2.05, 4.69) is 9.80 Å². The van der Waals surface area contributed by atoms with E-state index in [1.165, 1.54) is 12.1 Å². The Hall–Kier alpha value is -1.79. The predicted molar refractivity (Wildman–Crippen MR) is 80.6 cm³/mol. The van der Waals surface area contributed by atoms with Crippen molar-refractivity contribution in [1.29, 1.82) is 0 Å². The fraction of sp³-hybridized carbons (Fsp3) is 0.533. The molecule has 0 N–H and O–H groups in total. The van der Waals surface area contributed by atoms with Gasteiger partial charge in [0.1, 0.15) is 0 Å². The lowest BCUT2D eigenvalue weighted by Crippen LogP contribution is -2.40. The number of likely N-dealkylation sites (tertiary alicyclic amines) is 1. The highest BCUT2D eigenvalue weighted by Crippen LogP contribution is 2.19. The maximum Gasteiger partial charge on any atom is 0.270 e. The van der Waals surface area contributed by atoms with Crippen molar-refractivity contribution < 1.29 is 9.72 Å². The van der Waals surface area contributed by atoms with Gasteiger partial charge in [-0.25, -0.2) is 0 Å². The first-order valence-corrected chi connectivity index (χ1v) is 7.14. The lowest BCUT2D eigenvalue weighted by atomic mass is 10.1. The van der Waals surface area contributed by atoms with E-state index in [1.54, 1.807) is 12.1 Å². The normalized spacial score (nSPS) is 19.1. The first kappa shape index (κ1) is 15.6. The lowest BCUT2D eigenvalue weighted by Gasteiger charge is -2.26. The van der Waals surface area contributed by atoms with Gasteiger partial charge < -0.3 is 4.90 Å². The number of likely N-dealkylation sites (N-methyl/N-ethyl adjacent to an activating group) is 1. The summed E-state index contributed by atoms with van der Waals surface area (Å²) in [5.41, 5.74) is 0.381. The molecule has 0 saturated carbocycles. The van der Waals surface area contributed by atoms with Crippen molar-refractivity contribution in [3.8, 4) is 0 Å². The van der Waals surface area contributed by atoms with Crippen molar-refractivity contribution in [3.63, 3.8) is 0 Å². The summed E-state index contributed by atoms with van der Waals surface area (Å²) >= 11 is 0. The molecule has 2 rings (SSSR count). The smallest absolute Gasteiger partial charge is 0.270 e. The van der Waals surface area contributed by atoms with Crippen molar-refractivity contribution in [2.45, 2.75) is 18.9 Å². The third-order valence-electron chi connectivity index (χ3n) is 3.80. The molecular weight excluding hydrogens is 270 g/mol. The topological polar surface area (TPSA) is 66.7 Å². The van der Waals surface area contributed by atoms with Gasteiger partial charge in [-0.05, 0) is 33.5 Å². The number of rotatable bonds is 6. The highest BCUT2D eigenvalue weighted by Gasteiger charge is 2.27. The molecular formula is C15H21N3O3. The number of nitrogens with zero attached hydrogens (tertiary/aromatic N) is 3. The summed E-state index contributed by atoms with van der Waals surface area (Å²) in [7, 11) is 4.05. The fourth-order valence-electron chi connectivity index (χ4n) is 2.80. The van der Waals surface area contributed by atoms with Crippen LogP contribution >= 0.6 is 0 Å². The third kappa shape index (κ3) is 4.09. The average Bonchev–Trinajstić information content (AvgIpc) is 2.85. The number of nitro groups is 1. The van der Waals surface area contributed by atoms with Crippen LogP contribution in [0, 0.1) is 10.1 Å². The van der Waals surface area contributed by atoms with E-state index in [9.17, 15) is 14.9 Å².